The van der Waals surface area contributed by atoms with Crippen LogP contribution < -0.4 is 31.1 Å². The van der Waals surface area contributed by atoms with Crippen LogP contribution >= 0.6 is 0 Å². The van der Waals surface area contributed by atoms with Gasteiger partial charge in [0.1, 0.15) is 24.0 Å². The molecule has 10 rings (SSSR count). The minimum atomic E-state index is -4.56. The van der Waals surface area contributed by atoms with E-state index in [9.17, 15) is 31.1 Å². The molecule has 0 radical (unpaired) electrons. The van der Waals surface area contributed by atoms with Crippen molar-refractivity contribution in [1.29, 1.82) is 0 Å². The van der Waals surface area contributed by atoms with Crippen molar-refractivity contribution in [1.82, 2.24) is 39.9 Å². The number of rotatable bonds is 3. The van der Waals surface area contributed by atoms with Crippen LogP contribution in [0.2, 0.25) is 0 Å². The van der Waals surface area contributed by atoms with E-state index in [-0.39, 0.29) is 17.6 Å². The Morgan fingerprint density at radius 2 is 1.27 bits per heavy atom. The highest BCUT2D eigenvalue weighted by atomic mass is 19.4. The van der Waals surface area contributed by atoms with E-state index in [4.69, 9.17) is 5.73 Å². The molecule has 2 atom stereocenters. The molecule has 10 heterocycles. The molecule has 0 unspecified atom stereocenters. The maximum atomic E-state index is 13.2. The van der Waals surface area contributed by atoms with Gasteiger partial charge in [-0.3, -0.25) is 14.9 Å². The lowest BCUT2D eigenvalue weighted by Gasteiger charge is -2.45. The topological polar surface area (TPSA) is 180 Å². The zero-order valence-corrected chi connectivity index (χ0v) is 32.7. The maximum Gasteiger partial charge on any atom is 0.433 e. The minimum absolute atomic E-state index is 0.105. The molecule has 6 aromatic rings. The van der Waals surface area contributed by atoms with Gasteiger partial charge in [-0.15, -0.1) is 0 Å². The van der Waals surface area contributed by atoms with Crippen molar-refractivity contribution in [2.45, 2.75) is 50.1 Å². The van der Waals surface area contributed by atoms with Gasteiger partial charge >= 0.3 is 18.4 Å². The second-order valence-corrected chi connectivity index (χ2v) is 14.7. The van der Waals surface area contributed by atoms with Crippen LogP contribution in [-0.2, 0) is 12.4 Å². The van der Waals surface area contributed by atoms with Gasteiger partial charge in [-0.2, -0.15) is 26.3 Å². The van der Waals surface area contributed by atoms with Gasteiger partial charge in [0.15, 0.2) is 11.6 Å². The number of nitrogens with one attached hydrogen (secondary N) is 2. The molecule has 4 bridgehead atoms. The van der Waals surface area contributed by atoms with Gasteiger partial charge in [0, 0.05) is 55.7 Å². The van der Waals surface area contributed by atoms with Gasteiger partial charge in [-0.05, 0) is 74.2 Å². The molecular weight excluding hydrogens is 819 g/mol. The summed E-state index contributed by atoms with van der Waals surface area (Å²) in [6.45, 7) is 3.46. The van der Waals surface area contributed by atoms with E-state index in [0.717, 1.165) is 80.8 Å². The number of hydrogen-bond donors (Lipinski definition) is 3. The molecule has 15 nitrogen and oxygen atoms in total. The SMILES string of the molecule is FC(F)(F)c1cc(-c2ccc3c(n2)N[C@H]2CCCN3C2)ccn1.Nc1cncnc1.O=C(Nc1cncnc1)N1c2nc(-c3ccnc(C(F)(F)F)c3)ccc2N2CCC[C@H]1C2. The lowest BCUT2D eigenvalue weighted by atomic mass is 9.99. The summed E-state index contributed by atoms with van der Waals surface area (Å²) in [6, 6.07) is 12.1. The summed E-state index contributed by atoms with van der Waals surface area (Å²) >= 11 is 0. The average Bonchev–Trinajstić information content (AvgIpc) is 3.27. The van der Waals surface area contributed by atoms with Crippen LogP contribution in [0.1, 0.15) is 37.1 Å². The van der Waals surface area contributed by atoms with Crippen molar-refractivity contribution in [2.75, 3.05) is 57.2 Å². The number of halogens is 6. The fraction of sp³-hybridized carbons (Fsp3) is 0.293. The molecule has 2 saturated heterocycles. The van der Waals surface area contributed by atoms with Gasteiger partial charge in [0.25, 0.3) is 0 Å². The van der Waals surface area contributed by atoms with Crippen LogP contribution in [-0.4, -0.2) is 84.2 Å². The standard InChI is InChI=1S/C21H18F3N7O.C16H15F3N4.C4H5N3/c22-21(23,24)18-8-13(5-6-27-18)16-3-4-17-19(29-16)31(15-2-1-7-30(17)11-15)20(32)28-14-9-25-12-26-10-14;17-16(18,19)14-8-10(5-6-20-14)12-3-4-13-15(22-12)21-11-2-1-7-23(13)9-11;5-4-1-6-3-7-2-4/h3-6,8-10,12,15H,1-2,7,11H2,(H,28,32);3-6,8,11H,1-2,7,9H2,(H,21,22);1-3H,5H2/t15-;11-;/m00./s1. The molecular formula is C41H38F6N14O. The van der Waals surface area contributed by atoms with Crippen LogP contribution in [0.4, 0.5) is 65.5 Å². The third-order valence-electron chi connectivity index (χ3n) is 10.5. The molecule has 4 aliphatic rings. The molecule has 6 aromatic heterocycles. The third-order valence-corrected chi connectivity index (χ3v) is 10.5. The summed E-state index contributed by atoms with van der Waals surface area (Å²) in [4.78, 5) is 50.3. The Bertz CT molecular complexity index is 2510. The fourth-order valence-corrected chi connectivity index (χ4v) is 7.67. The summed E-state index contributed by atoms with van der Waals surface area (Å²) in [5.41, 5.74) is 7.72. The number of carbonyl (C=O) groups is 1. The van der Waals surface area contributed by atoms with Crippen molar-refractivity contribution >= 4 is 40.4 Å². The smallest absolute Gasteiger partial charge is 0.396 e. The molecule has 4 aliphatic heterocycles. The maximum absolute atomic E-state index is 13.2. The summed E-state index contributed by atoms with van der Waals surface area (Å²) < 4.78 is 77.8. The summed E-state index contributed by atoms with van der Waals surface area (Å²) in [6.07, 6.45) is 6.10. The first-order valence-corrected chi connectivity index (χ1v) is 19.5. The van der Waals surface area contributed by atoms with Crippen molar-refractivity contribution < 1.29 is 31.1 Å². The van der Waals surface area contributed by atoms with Gasteiger partial charge in [0.2, 0.25) is 0 Å². The van der Waals surface area contributed by atoms with Gasteiger partial charge in [-0.25, -0.2) is 34.7 Å². The molecule has 2 amide bonds. The predicted octanol–water partition coefficient (Wildman–Crippen LogP) is 7.59. The lowest BCUT2D eigenvalue weighted by Crippen LogP contribution is -2.56. The first-order valence-electron chi connectivity index (χ1n) is 19.5. The van der Waals surface area contributed by atoms with Crippen LogP contribution in [0.3, 0.4) is 0 Å². The molecule has 4 N–H and O–H groups in total. The van der Waals surface area contributed by atoms with Crippen molar-refractivity contribution in [3.8, 4) is 22.5 Å². The highest BCUT2D eigenvalue weighted by Crippen LogP contribution is 2.41. The predicted molar refractivity (Wildman–Crippen MR) is 219 cm³/mol. The number of anilines is 6. The zero-order valence-electron chi connectivity index (χ0n) is 32.7. The van der Waals surface area contributed by atoms with E-state index in [1.807, 2.05) is 6.07 Å². The Kier molecular flexibility index (Phi) is 11.7. The van der Waals surface area contributed by atoms with E-state index in [1.165, 1.54) is 37.3 Å². The highest BCUT2D eigenvalue weighted by molar-refractivity contribution is 6.04. The quantitative estimate of drug-likeness (QED) is 0.148. The van der Waals surface area contributed by atoms with Crippen molar-refractivity contribution in [2.24, 2.45) is 0 Å². The Balaban J connectivity index is 0.000000153. The molecule has 0 aliphatic carbocycles. The third kappa shape index (κ3) is 9.40. The fourth-order valence-electron chi connectivity index (χ4n) is 7.67. The van der Waals surface area contributed by atoms with Gasteiger partial charge in [-0.1, -0.05) is 0 Å². The summed E-state index contributed by atoms with van der Waals surface area (Å²) in [5.74, 6) is 1.17. The number of nitrogens with two attached hydrogens (primary N) is 1. The number of piperidine rings is 2. The molecule has 21 heteroatoms. The van der Waals surface area contributed by atoms with E-state index < -0.39 is 23.7 Å². The number of nitrogens with zero attached hydrogens (tertiary/aromatic N) is 11. The minimum Gasteiger partial charge on any atom is -0.396 e. The van der Waals surface area contributed by atoms with Crippen LogP contribution in [0, 0.1) is 0 Å². The van der Waals surface area contributed by atoms with Gasteiger partial charge in [0.05, 0.1) is 65.0 Å². The van der Waals surface area contributed by atoms with E-state index in [2.05, 4.69) is 60.3 Å². The van der Waals surface area contributed by atoms with Crippen molar-refractivity contribution in [3.05, 3.63) is 110 Å². The van der Waals surface area contributed by atoms with Crippen LogP contribution in [0.25, 0.3) is 22.5 Å². The lowest BCUT2D eigenvalue weighted by molar-refractivity contribution is -0.141. The molecule has 62 heavy (non-hydrogen) atoms. The number of nitrogen functional groups attached to an aromatic ring is 1. The number of carbonyl (C=O) groups excluding carboxylic acids is 1. The Morgan fingerprint density at radius 3 is 1.87 bits per heavy atom. The van der Waals surface area contributed by atoms with E-state index in [1.54, 1.807) is 41.6 Å². The Morgan fingerprint density at radius 1 is 0.710 bits per heavy atom. The zero-order chi connectivity index (χ0) is 43.4. The van der Waals surface area contributed by atoms with Crippen molar-refractivity contribution in [3.63, 3.8) is 0 Å². The average molecular weight is 857 g/mol. The highest BCUT2D eigenvalue weighted by Gasteiger charge is 2.39. The van der Waals surface area contributed by atoms with Crippen LogP contribution in [0.15, 0.2) is 98.4 Å². The molecule has 320 valence electrons. The van der Waals surface area contributed by atoms with Gasteiger partial charge < -0.3 is 26.2 Å². The number of hydrogen-bond acceptors (Lipinski definition) is 13. The number of pyridine rings is 4. The second kappa shape index (κ2) is 17.4. The monoisotopic (exact) mass is 856 g/mol. The molecule has 2 fully saturated rings. The van der Waals surface area contributed by atoms with Crippen LogP contribution in [0.5, 0.6) is 0 Å². The normalized spacial score (nSPS) is 17.5. The molecule has 0 spiro atoms. The summed E-state index contributed by atoms with van der Waals surface area (Å²) in [5, 5.41) is 6.18. The number of fused-ring (bicyclic) bond motifs is 8. The number of alkyl halides is 6. The molecule has 0 aromatic carbocycles. The molecule has 0 saturated carbocycles. The Hall–Kier alpha value is -7.19. The number of amides is 2. The Labute approximate surface area is 350 Å². The number of urea groups is 1. The van der Waals surface area contributed by atoms with E-state index >= 15 is 0 Å². The first kappa shape index (κ1) is 41.5. The summed E-state index contributed by atoms with van der Waals surface area (Å²) in [7, 11) is 0. The largest absolute Gasteiger partial charge is 0.433 e. The van der Waals surface area contributed by atoms with E-state index in [0.29, 0.717) is 46.7 Å². The first-order chi connectivity index (χ1) is 29.8. The number of aromatic nitrogens is 8. The second-order valence-electron chi connectivity index (χ2n) is 14.7.